The molecule has 0 aliphatic carbocycles. The van der Waals surface area contributed by atoms with Crippen LogP contribution in [0.1, 0.15) is 24.4 Å². The summed E-state index contributed by atoms with van der Waals surface area (Å²) in [5, 5.41) is 3.34. The fraction of sp³-hybridized carbons (Fsp3) is 0.500. The Morgan fingerprint density at radius 1 is 1.18 bits per heavy atom. The predicted molar refractivity (Wildman–Crippen MR) is 67.0 cm³/mol. The summed E-state index contributed by atoms with van der Waals surface area (Å²) in [5.41, 5.74) is 1.22. The number of nitrogens with one attached hydrogen (secondary N) is 1. The molecule has 1 aromatic rings. The second-order valence-corrected chi connectivity index (χ2v) is 6.56. The third-order valence-corrected chi connectivity index (χ3v) is 5.40. The first-order valence-electron chi connectivity index (χ1n) is 5.72. The van der Waals surface area contributed by atoms with Crippen molar-refractivity contribution in [3.63, 3.8) is 0 Å². The van der Waals surface area contributed by atoms with Gasteiger partial charge in [0.05, 0.1) is 0 Å². The molecule has 2 atom stereocenters. The maximum absolute atomic E-state index is 12.2. The lowest BCUT2D eigenvalue weighted by Gasteiger charge is -2.21. The highest BCUT2D eigenvalue weighted by Gasteiger charge is 2.39. The van der Waals surface area contributed by atoms with Gasteiger partial charge in [0.25, 0.3) is 0 Å². The molecule has 5 heteroatoms. The van der Waals surface area contributed by atoms with E-state index in [0.717, 1.165) is 12.8 Å². The number of rotatable bonds is 4. The van der Waals surface area contributed by atoms with Crippen molar-refractivity contribution in [1.29, 1.82) is 0 Å². The van der Waals surface area contributed by atoms with Crippen molar-refractivity contribution in [3.8, 4) is 0 Å². The minimum absolute atomic E-state index is 0.206. The lowest BCUT2D eigenvalue weighted by Crippen LogP contribution is -2.25. The SMILES string of the molecule is COP(=O)(OC)[C@@H]1CC[C@H](c2ccccc2)N1. The van der Waals surface area contributed by atoms with Crippen LogP contribution in [0.4, 0.5) is 0 Å². The molecule has 94 valence electrons. The summed E-state index contributed by atoms with van der Waals surface area (Å²) in [7, 11) is -0.133. The van der Waals surface area contributed by atoms with E-state index in [2.05, 4.69) is 17.4 Å². The highest BCUT2D eigenvalue weighted by atomic mass is 31.2. The molecule has 1 saturated heterocycles. The maximum atomic E-state index is 12.2. The quantitative estimate of drug-likeness (QED) is 0.840. The molecule has 1 aliphatic heterocycles. The van der Waals surface area contributed by atoms with Crippen molar-refractivity contribution in [2.45, 2.75) is 24.7 Å². The van der Waals surface area contributed by atoms with Crippen molar-refractivity contribution < 1.29 is 13.6 Å². The Bertz CT molecular complexity index is 401. The summed E-state index contributed by atoms with van der Waals surface area (Å²) in [6, 6.07) is 10.4. The molecule has 0 bridgehead atoms. The Hall–Kier alpha value is -0.670. The summed E-state index contributed by atoms with van der Waals surface area (Å²) >= 11 is 0. The first-order chi connectivity index (χ1) is 8.19. The summed E-state index contributed by atoms with van der Waals surface area (Å²) in [6.07, 6.45) is 1.75. The molecule has 17 heavy (non-hydrogen) atoms. The molecule has 1 heterocycles. The molecule has 0 unspecified atom stereocenters. The molecule has 1 fully saturated rings. The van der Waals surface area contributed by atoms with Gasteiger partial charge in [-0.2, -0.15) is 0 Å². The number of benzene rings is 1. The predicted octanol–water partition coefficient (Wildman–Crippen LogP) is 2.92. The van der Waals surface area contributed by atoms with Gasteiger partial charge in [0.1, 0.15) is 5.78 Å². The molecular formula is C12H18NO3P. The van der Waals surface area contributed by atoms with Crippen LogP contribution in [0.15, 0.2) is 30.3 Å². The molecule has 0 spiro atoms. The third-order valence-electron chi connectivity index (χ3n) is 3.21. The summed E-state index contributed by atoms with van der Waals surface area (Å²) in [6.45, 7) is 0. The van der Waals surface area contributed by atoms with Gasteiger partial charge in [-0.15, -0.1) is 0 Å². The van der Waals surface area contributed by atoms with Crippen LogP contribution < -0.4 is 5.32 Å². The van der Waals surface area contributed by atoms with Crippen LogP contribution in [0.5, 0.6) is 0 Å². The van der Waals surface area contributed by atoms with Crippen molar-refractivity contribution in [3.05, 3.63) is 35.9 Å². The van der Waals surface area contributed by atoms with Gasteiger partial charge in [0.15, 0.2) is 0 Å². The Kier molecular flexibility index (Phi) is 4.00. The van der Waals surface area contributed by atoms with Gasteiger partial charge in [0, 0.05) is 20.3 Å². The highest BCUT2D eigenvalue weighted by Crippen LogP contribution is 2.55. The standard InChI is InChI=1S/C12H18NO3P/c1-15-17(14,16-2)12-9-8-11(13-12)10-6-4-3-5-7-10/h3-7,11-13H,8-9H2,1-2H3/t11-,12-/m1/s1. The van der Waals surface area contributed by atoms with E-state index < -0.39 is 7.60 Å². The van der Waals surface area contributed by atoms with Gasteiger partial charge in [-0.25, -0.2) is 0 Å². The summed E-state index contributed by atoms with van der Waals surface area (Å²) in [5.74, 6) is -0.206. The zero-order valence-electron chi connectivity index (χ0n) is 10.1. The van der Waals surface area contributed by atoms with Crippen LogP contribution in [0.2, 0.25) is 0 Å². The average molecular weight is 255 g/mol. The van der Waals surface area contributed by atoms with E-state index in [0.29, 0.717) is 0 Å². The first-order valence-corrected chi connectivity index (χ1v) is 7.33. The van der Waals surface area contributed by atoms with Gasteiger partial charge >= 0.3 is 7.60 Å². The topological polar surface area (TPSA) is 47.6 Å². The Labute approximate surface area is 102 Å². The maximum Gasteiger partial charge on any atom is 0.346 e. The second kappa shape index (κ2) is 5.32. The molecule has 0 radical (unpaired) electrons. The molecule has 0 aromatic heterocycles. The molecule has 1 aliphatic rings. The lowest BCUT2D eigenvalue weighted by molar-refractivity contribution is 0.261. The largest absolute Gasteiger partial charge is 0.346 e. The molecule has 2 rings (SSSR count). The zero-order chi connectivity index (χ0) is 12.3. The first kappa shape index (κ1) is 12.8. The van der Waals surface area contributed by atoms with Crippen molar-refractivity contribution >= 4 is 7.60 Å². The van der Waals surface area contributed by atoms with Gasteiger partial charge < -0.3 is 9.05 Å². The van der Waals surface area contributed by atoms with Gasteiger partial charge in [0.2, 0.25) is 0 Å². The third kappa shape index (κ3) is 2.61. The van der Waals surface area contributed by atoms with E-state index in [1.54, 1.807) is 0 Å². The Balaban J connectivity index is 2.08. The van der Waals surface area contributed by atoms with E-state index in [4.69, 9.17) is 9.05 Å². The van der Waals surface area contributed by atoms with E-state index >= 15 is 0 Å². The van der Waals surface area contributed by atoms with Gasteiger partial charge in [-0.05, 0) is 18.4 Å². The fourth-order valence-corrected chi connectivity index (χ4v) is 3.74. The molecule has 4 nitrogen and oxygen atoms in total. The monoisotopic (exact) mass is 255 g/mol. The minimum Gasteiger partial charge on any atom is -0.311 e. The number of hydrogen-bond acceptors (Lipinski definition) is 4. The van der Waals surface area contributed by atoms with Gasteiger partial charge in [-0.1, -0.05) is 30.3 Å². The molecular weight excluding hydrogens is 237 g/mol. The van der Waals surface area contributed by atoms with E-state index in [9.17, 15) is 4.57 Å². The van der Waals surface area contributed by atoms with E-state index in [1.165, 1.54) is 19.8 Å². The lowest BCUT2D eigenvalue weighted by atomic mass is 10.1. The molecule has 0 amide bonds. The normalized spacial score (nSPS) is 25.1. The van der Waals surface area contributed by atoms with E-state index in [1.807, 2.05) is 18.2 Å². The van der Waals surface area contributed by atoms with Gasteiger partial charge in [-0.3, -0.25) is 9.88 Å². The molecule has 0 saturated carbocycles. The highest BCUT2D eigenvalue weighted by molar-refractivity contribution is 7.54. The zero-order valence-corrected chi connectivity index (χ0v) is 11.0. The van der Waals surface area contributed by atoms with Crippen molar-refractivity contribution in [1.82, 2.24) is 5.32 Å². The Morgan fingerprint density at radius 3 is 2.41 bits per heavy atom. The van der Waals surface area contributed by atoms with Crippen LogP contribution in [0.25, 0.3) is 0 Å². The summed E-state index contributed by atoms with van der Waals surface area (Å²) < 4.78 is 22.3. The second-order valence-electron chi connectivity index (χ2n) is 4.13. The van der Waals surface area contributed by atoms with Crippen molar-refractivity contribution in [2.24, 2.45) is 0 Å². The van der Waals surface area contributed by atoms with Crippen LogP contribution in [-0.2, 0) is 13.6 Å². The average Bonchev–Trinajstić information content (AvgIpc) is 2.89. The van der Waals surface area contributed by atoms with Crippen molar-refractivity contribution in [2.75, 3.05) is 14.2 Å². The van der Waals surface area contributed by atoms with E-state index in [-0.39, 0.29) is 11.8 Å². The minimum atomic E-state index is -3.00. The fourth-order valence-electron chi connectivity index (χ4n) is 2.25. The molecule has 1 aromatic carbocycles. The molecule has 1 N–H and O–H groups in total. The van der Waals surface area contributed by atoms with Crippen LogP contribution >= 0.6 is 7.60 Å². The van der Waals surface area contributed by atoms with Crippen LogP contribution in [0, 0.1) is 0 Å². The number of hydrogen-bond donors (Lipinski definition) is 1. The summed E-state index contributed by atoms with van der Waals surface area (Å²) in [4.78, 5) is 0. The Morgan fingerprint density at radius 2 is 1.82 bits per heavy atom. The van der Waals surface area contributed by atoms with Crippen LogP contribution in [0.3, 0.4) is 0 Å². The van der Waals surface area contributed by atoms with Crippen LogP contribution in [-0.4, -0.2) is 20.0 Å². The smallest absolute Gasteiger partial charge is 0.311 e.